The minimum Gasteiger partial charge on any atom is -0.454 e. The van der Waals surface area contributed by atoms with Crippen LogP contribution < -0.4 is 14.8 Å². The molecule has 0 bridgehead atoms. The molecule has 1 aromatic rings. The number of ether oxygens (including phenoxy) is 2. The zero-order chi connectivity index (χ0) is 15.5. The van der Waals surface area contributed by atoms with Gasteiger partial charge in [-0.1, -0.05) is 13.8 Å². The van der Waals surface area contributed by atoms with Gasteiger partial charge in [0.2, 0.25) is 6.79 Å². The maximum absolute atomic E-state index is 11.1. The average molecular weight is 291 g/mol. The third-order valence-electron chi connectivity index (χ3n) is 3.36. The Morgan fingerprint density at radius 2 is 2.10 bits per heavy atom. The van der Waals surface area contributed by atoms with E-state index < -0.39 is 4.92 Å². The molecule has 0 spiro atoms. The molecule has 0 saturated carbocycles. The van der Waals surface area contributed by atoms with Gasteiger partial charge in [-0.15, -0.1) is 0 Å². The molecule has 1 aliphatic heterocycles. The van der Waals surface area contributed by atoms with E-state index in [1.54, 1.807) is 6.07 Å². The van der Waals surface area contributed by atoms with Crippen molar-refractivity contribution in [2.45, 2.75) is 26.7 Å². The summed E-state index contributed by atoms with van der Waals surface area (Å²) >= 11 is 0. The highest BCUT2D eigenvalue weighted by molar-refractivity contribution is 5.69. The first kappa shape index (κ1) is 14.9. The molecule has 0 fully saturated rings. The number of fused-ring (bicyclic) bond motifs is 1. The van der Waals surface area contributed by atoms with Crippen LogP contribution in [0.3, 0.4) is 0 Å². The number of nitro groups is 1. The number of nitriles is 1. The molecule has 0 aromatic heterocycles. The van der Waals surface area contributed by atoms with E-state index in [2.05, 4.69) is 11.4 Å². The Kier molecular flexibility index (Phi) is 4.17. The lowest BCUT2D eigenvalue weighted by atomic mass is 9.88. The summed E-state index contributed by atoms with van der Waals surface area (Å²) in [4.78, 5) is 10.7. The number of nitro benzene ring substituents is 1. The number of anilines is 1. The van der Waals surface area contributed by atoms with E-state index in [1.807, 2.05) is 13.8 Å². The van der Waals surface area contributed by atoms with Gasteiger partial charge in [0.1, 0.15) is 5.69 Å². The van der Waals surface area contributed by atoms with Crippen LogP contribution >= 0.6 is 0 Å². The first-order valence-corrected chi connectivity index (χ1v) is 6.62. The van der Waals surface area contributed by atoms with E-state index in [0.717, 1.165) is 6.42 Å². The highest BCUT2D eigenvalue weighted by Crippen LogP contribution is 2.41. The highest BCUT2D eigenvalue weighted by atomic mass is 16.7. The molecule has 0 aliphatic carbocycles. The minimum absolute atomic E-state index is 0.0460. The summed E-state index contributed by atoms with van der Waals surface area (Å²) in [5, 5.41) is 22.9. The van der Waals surface area contributed by atoms with Crippen molar-refractivity contribution in [3.63, 3.8) is 0 Å². The molecule has 112 valence electrons. The van der Waals surface area contributed by atoms with E-state index in [-0.39, 0.29) is 17.9 Å². The van der Waals surface area contributed by atoms with Gasteiger partial charge in [0, 0.05) is 19.0 Å². The van der Waals surface area contributed by atoms with Gasteiger partial charge in [0.25, 0.3) is 5.69 Å². The second-order valence-electron chi connectivity index (χ2n) is 5.66. The molecule has 7 nitrogen and oxygen atoms in total. The highest BCUT2D eigenvalue weighted by Gasteiger charge is 2.25. The molecule has 0 amide bonds. The summed E-state index contributed by atoms with van der Waals surface area (Å²) in [5.41, 5.74) is 0.213. The Bertz CT molecular complexity index is 593. The number of hydrogen-bond donors (Lipinski definition) is 1. The molecule has 0 unspecified atom stereocenters. The molecule has 7 heteroatoms. The van der Waals surface area contributed by atoms with Gasteiger partial charge in [-0.2, -0.15) is 5.26 Å². The Balaban J connectivity index is 2.16. The van der Waals surface area contributed by atoms with Gasteiger partial charge in [0.05, 0.1) is 17.1 Å². The number of hydrogen-bond acceptors (Lipinski definition) is 6. The molecule has 1 aromatic carbocycles. The lowest BCUT2D eigenvalue weighted by Gasteiger charge is -2.24. The van der Waals surface area contributed by atoms with Crippen molar-refractivity contribution in [1.29, 1.82) is 5.26 Å². The monoisotopic (exact) mass is 291 g/mol. The van der Waals surface area contributed by atoms with Crippen LogP contribution in [0.25, 0.3) is 0 Å². The topological polar surface area (TPSA) is 97.4 Å². The maximum atomic E-state index is 11.1. The predicted molar refractivity (Wildman–Crippen MR) is 76.3 cm³/mol. The van der Waals surface area contributed by atoms with Crippen LogP contribution in [0, 0.1) is 26.9 Å². The number of nitrogens with one attached hydrogen (secondary N) is 1. The van der Waals surface area contributed by atoms with Crippen molar-refractivity contribution < 1.29 is 14.4 Å². The van der Waals surface area contributed by atoms with Gasteiger partial charge < -0.3 is 14.8 Å². The predicted octanol–water partition coefficient (Wildman–Crippen LogP) is 3.07. The summed E-state index contributed by atoms with van der Waals surface area (Å²) in [6, 6.07) is 5.07. The normalized spacial score (nSPS) is 12.8. The first-order chi connectivity index (χ1) is 9.93. The van der Waals surface area contributed by atoms with Gasteiger partial charge in [-0.3, -0.25) is 10.1 Å². The Labute approximate surface area is 122 Å². The van der Waals surface area contributed by atoms with E-state index in [0.29, 0.717) is 30.2 Å². The molecular weight excluding hydrogens is 274 g/mol. The standard InChI is InChI=1S/C14H17N3O4/c1-14(2,4-3-5-15)8-16-10-6-12-13(21-9-20-12)7-11(10)17(18)19/h6-7,16H,3-4,8-9H2,1-2H3. The van der Waals surface area contributed by atoms with Gasteiger partial charge in [-0.25, -0.2) is 0 Å². The maximum Gasteiger partial charge on any atom is 0.296 e. The van der Waals surface area contributed by atoms with Crippen molar-refractivity contribution in [1.82, 2.24) is 0 Å². The largest absolute Gasteiger partial charge is 0.454 e. The summed E-state index contributed by atoms with van der Waals surface area (Å²) in [6.07, 6.45) is 1.17. The smallest absolute Gasteiger partial charge is 0.296 e. The second-order valence-corrected chi connectivity index (χ2v) is 5.66. The van der Waals surface area contributed by atoms with E-state index in [4.69, 9.17) is 14.7 Å². The molecular formula is C14H17N3O4. The Morgan fingerprint density at radius 3 is 2.71 bits per heavy atom. The number of benzene rings is 1. The molecule has 0 saturated heterocycles. The summed E-state index contributed by atoms with van der Waals surface area (Å²) in [7, 11) is 0. The second kappa shape index (κ2) is 5.87. The first-order valence-electron chi connectivity index (χ1n) is 6.62. The number of rotatable bonds is 6. The van der Waals surface area contributed by atoms with Crippen LogP contribution in [0.2, 0.25) is 0 Å². The van der Waals surface area contributed by atoms with Crippen LogP contribution in [0.15, 0.2) is 12.1 Å². The molecule has 2 rings (SSSR count). The minimum atomic E-state index is -0.452. The van der Waals surface area contributed by atoms with Crippen molar-refractivity contribution in [2.24, 2.45) is 5.41 Å². The number of nitrogens with zero attached hydrogens (tertiary/aromatic N) is 2. The summed E-state index contributed by atoms with van der Waals surface area (Å²) in [5.74, 6) is 0.883. The molecule has 1 heterocycles. The fourth-order valence-electron chi connectivity index (χ4n) is 2.04. The quantitative estimate of drug-likeness (QED) is 0.639. The fourth-order valence-corrected chi connectivity index (χ4v) is 2.04. The van der Waals surface area contributed by atoms with Crippen molar-refractivity contribution in [3.8, 4) is 17.6 Å². The zero-order valence-electron chi connectivity index (χ0n) is 12.0. The molecule has 1 N–H and O–H groups in total. The van der Waals surface area contributed by atoms with E-state index in [1.165, 1.54) is 6.07 Å². The SMILES string of the molecule is CC(C)(CCC#N)CNc1cc2c(cc1[N+](=O)[O-])OCO2. The molecule has 0 atom stereocenters. The third-order valence-corrected chi connectivity index (χ3v) is 3.36. The Hall–Kier alpha value is -2.49. The van der Waals surface area contributed by atoms with Crippen molar-refractivity contribution in [2.75, 3.05) is 18.7 Å². The Morgan fingerprint density at radius 1 is 1.43 bits per heavy atom. The average Bonchev–Trinajstić information content (AvgIpc) is 2.89. The van der Waals surface area contributed by atoms with E-state index in [9.17, 15) is 10.1 Å². The van der Waals surface area contributed by atoms with Crippen LogP contribution in [0.1, 0.15) is 26.7 Å². The van der Waals surface area contributed by atoms with Crippen molar-refractivity contribution in [3.05, 3.63) is 22.2 Å². The van der Waals surface area contributed by atoms with Crippen LogP contribution in [-0.2, 0) is 0 Å². The van der Waals surface area contributed by atoms with Gasteiger partial charge >= 0.3 is 0 Å². The van der Waals surface area contributed by atoms with E-state index >= 15 is 0 Å². The van der Waals surface area contributed by atoms with Gasteiger partial charge in [-0.05, 0) is 11.8 Å². The van der Waals surface area contributed by atoms with Crippen LogP contribution in [0.5, 0.6) is 11.5 Å². The van der Waals surface area contributed by atoms with Gasteiger partial charge in [0.15, 0.2) is 11.5 Å². The summed E-state index contributed by atoms with van der Waals surface area (Å²) in [6.45, 7) is 4.62. The van der Waals surface area contributed by atoms with Crippen LogP contribution in [0.4, 0.5) is 11.4 Å². The fraction of sp³-hybridized carbons (Fsp3) is 0.500. The lowest BCUT2D eigenvalue weighted by molar-refractivity contribution is -0.384. The molecule has 1 aliphatic rings. The molecule has 0 radical (unpaired) electrons. The lowest BCUT2D eigenvalue weighted by Crippen LogP contribution is -2.23. The third kappa shape index (κ3) is 3.54. The van der Waals surface area contributed by atoms with Crippen molar-refractivity contribution >= 4 is 11.4 Å². The molecule has 21 heavy (non-hydrogen) atoms. The van der Waals surface area contributed by atoms with Crippen LogP contribution in [-0.4, -0.2) is 18.3 Å². The summed E-state index contributed by atoms with van der Waals surface area (Å²) < 4.78 is 10.4. The zero-order valence-corrected chi connectivity index (χ0v) is 12.0.